The molecule has 1 amide bonds. The molecule has 0 atom stereocenters. The molecule has 1 N–H and O–H groups in total. The third-order valence-corrected chi connectivity index (χ3v) is 6.34. The van der Waals surface area contributed by atoms with Gasteiger partial charge in [0.25, 0.3) is 0 Å². The normalized spacial score (nSPS) is 15.7. The maximum absolute atomic E-state index is 12.6. The Morgan fingerprint density at radius 1 is 1.14 bits per heavy atom. The number of piperidine rings is 1. The molecule has 0 aliphatic carbocycles. The lowest BCUT2D eigenvalue weighted by Crippen LogP contribution is -2.40. The zero-order chi connectivity index (χ0) is 20.4. The zero-order valence-electron chi connectivity index (χ0n) is 17.1. The molecule has 2 aromatic carbocycles. The van der Waals surface area contributed by atoms with Crippen molar-refractivity contribution in [3.05, 3.63) is 70.4 Å². The number of aryl methyl sites for hydroxylation is 2. The molecule has 1 aromatic heterocycles. The second kappa shape index (κ2) is 8.60. The number of benzene rings is 2. The average molecular weight is 410 g/mol. The molecule has 0 unspecified atom stereocenters. The number of hydrogen-bond donors (Lipinski definition) is 1. The Balaban J connectivity index is 1.32. The number of amides is 1. The molecule has 5 heteroatoms. The van der Waals surface area contributed by atoms with Gasteiger partial charge in [-0.15, -0.1) is 0 Å². The van der Waals surface area contributed by atoms with Gasteiger partial charge in [0.15, 0.2) is 0 Å². The minimum atomic E-state index is 0.109. The Morgan fingerprint density at radius 3 is 2.66 bits per heavy atom. The Bertz CT molecular complexity index is 1020. The molecular formula is C24H28ClN3O. The summed E-state index contributed by atoms with van der Waals surface area (Å²) in [5.41, 5.74) is 4.91. The number of hydrogen-bond acceptors (Lipinski definition) is 2. The molecular weight excluding hydrogens is 382 g/mol. The predicted octanol–water partition coefficient (Wildman–Crippen LogP) is 4.67. The van der Waals surface area contributed by atoms with E-state index in [-0.39, 0.29) is 11.8 Å². The highest BCUT2D eigenvalue weighted by atomic mass is 35.5. The SMILES string of the molecule is Cc1ccccc1CNC(=O)C1CCN(Cc2cn(C)c3ccc(Cl)cc23)CC1. The maximum Gasteiger partial charge on any atom is 0.223 e. The monoisotopic (exact) mass is 409 g/mol. The fourth-order valence-electron chi connectivity index (χ4n) is 4.30. The Kier molecular flexibility index (Phi) is 5.93. The molecule has 0 spiro atoms. The summed E-state index contributed by atoms with van der Waals surface area (Å²) in [6, 6.07) is 14.3. The van der Waals surface area contributed by atoms with E-state index in [1.54, 1.807) is 0 Å². The number of nitrogens with zero attached hydrogens (tertiary/aromatic N) is 2. The number of aromatic nitrogens is 1. The second-order valence-corrected chi connectivity index (χ2v) is 8.56. The number of rotatable bonds is 5. The van der Waals surface area contributed by atoms with Gasteiger partial charge in [0.2, 0.25) is 5.91 Å². The number of likely N-dealkylation sites (tertiary alicyclic amines) is 1. The molecule has 0 saturated carbocycles. The lowest BCUT2D eigenvalue weighted by Gasteiger charge is -2.31. The molecule has 2 heterocycles. The lowest BCUT2D eigenvalue weighted by molar-refractivity contribution is -0.126. The number of halogens is 1. The first-order chi connectivity index (χ1) is 14.0. The van der Waals surface area contributed by atoms with E-state index in [1.165, 1.54) is 27.6 Å². The van der Waals surface area contributed by atoms with Crippen molar-refractivity contribution in [2.24, 2.45) is 13.0 Å². The Hall–Kier alpha value is -2.30. The molecule has 1 fully saturated rings. The van der Waals surface area contributed by atoms with Crippen molar-refractivity contribution >= 4 is 28.4 Å². The first-order valence-corrected chi connectivity index (χ1v) is 10.7. The van der Waals surface area contributed by atoms with Crippen LogP contribution in [0, 0.1) is 12.8 Å². The van der Waals surface area contributed by atoms with Gasteiger partial charge in [-0.3, -0.25) is 9.69 Å². The van der Waals surface area contributed by atoms with Crippen LogP contribution in [-0.4, -0.2) is 28.5 Å². The van der Waals surface area contributed by atoms with Gasteiger partial charge in [-0.25, -0.2) is 0 Å². The summed E-state index contributed by atoms with van der Waals surface area (Å²) in [6.07, 6.45) is 4.01. The van der Waals surface area contributed by atoms with Gasteiger partial charge in [-0.2, -0.15) is 0 Å². The van der Waals surface area contributed by atoms with Crippen molar-refractivity contribution in [2.45, 2.75) is 32.9 Å². The fourth-order valence-corrected chi connectivity index (χ4v) is 4.47. The first-order valence-electron chi connectivity index (χ1n) is 10.3. The van der Waals surface area contributed by atoms with Gasteiger partial charge < -0.3 is 9.88 Å². The molecule has 1 aliphatic heterocycles. The average Bonchev–Trinajstić information content (AvgIpc) is 3.02. The predicted molar refractivity (Wildman–Crippen MR) is 119 cm³/mol. The number of carbonyl (C=O) groups excluding carboxylic acids is 1. The quantitative estimate of drug-likeness (QED) is 0.664. The van der Waals surface area contributed by atoms with Gasteiger partial charge in [-0.1, -0.05) is 35.9 Å². The molecule has 0 bridgehead atoms. The van der Waals surface area contributed by atoms with E-state index in [2.05, 4.69) is 59.2 Å². The maximum atomic E-state index is 12.6. The molecule has 0 radical (unpaired) electrons. The highest BCUT2D eigenvalue weighted by molar-refractivity contribution is 6.31. The molecule has 29 heavy (non-hydrogen) atoms. The van der Waals surface area contributed by atoms with Crippen molar-refractivity contribution in [2.75, 3.05) is 13.1 Å². The van der Waals surface area contributed by atoms with E-state index in [0.29, 0.717) is 6.54 Å². The van der Waals surface area contributed by atoms with Gasteiger partial charge in [0, 0.05) is 48.2 Å². The Morgan fingerprint density at radius 2 is 1.90 bits per heavy atom. The summed E-state index contributed by atoms with van der Waals surface area (Å²) in [5, 5.41) is 5.12. The highest BCUT2D eigenvalue weighted by Gasteiger charge is 2.25. The summed E-state index contributed by atoms with van der Waals surface area (Å²) < 4.78 is 2.16. The van der Waals surface area contributed by atoms with Crippen LogP contribution in [0.1, 0.15) is 29.5 Å². The van der Waals surface area contributed by atoms with Crippen LogP contribution in [0.5, 0.6) is 0 Å². The Labute approximate surface area is 177 Å². The lowest BCUT2D eigenvalue weighted by atomic mass is 9.95. The standard InChI is InChI=1S/C24H28ClN3O/c1-17-5-3-4-6-19(17)14-26-24(29)18-9-11-28(12-10-18)16-20-15-27(2)23-8-7-21(25)13-22(20)23/h3-8,13,15,18H,9-12,14,16H2,1-2H3,(H,26,29). The number of nitrogens with one attached hydrogen (secondary N) is 1. The van der Waals surface area contributed by atoms with Crippen molar-refractivity contribution in [1.29, 1.82) is 0 Å². The summed E-state index contributed by atoms with van der Waals surface area (Å²) >= 11 is 6.21. The minimum absolute atomic E-state index is 0.109. The topological polar surface area (TPSA) is 37.3 Å². The van der Waals surface area contributed by atoms with Crippen molar-refractivity contribution in [1.82, 2.24) is 14.8 Å². The van der Waals surface area contributed by atoms with E-state index in [0.717, 1.165) is 37.5 Å². The summed E-state index contributed by atoms with van der Waals surface area (Å²) in [7, 11) is 2.07. The van der Waals surface area contributed by atoms with Crippen molar-refractivity contribution in [3.8, 4) is 0 Å². The summed E-state index contributed by atoms with van der Waals surface area (Å²) in [4.78, 5) is 15.1. The third-order valence-electron chi connectivity index (χ3n) is 6.10. The van der Waals surface area contributed by atoms with Gasteiger partial charge in [0.1, 0.15) is 0 Å². The molecule has 1 saturated heterocycles. The summed E-state index contributed by atoms with van der Waals surface area (Å²) in [5.74, 6) is 0.294. The van der Waals surface area contributed by atoms with Gasteiger partial charge >= 0.3 is 0 Å². The van der Waals surface area contributed by atoms with Crippen LogP contribution >= 0.6 is 11.6 Å². The van der Waals surface area contributed by atoms with E-state index >= 15 is 0 Å². The van der Waals surface area contributed by atoms with E-state index in [9.17, 15) is 4.79 Å². The number of carbonyl (C=O) groups is 1. The largest absolute Gasteiger partial charge is 0.352 e. The minimum Gasteiger partial charge on any atom is -0.352 e. The van der Waals surface area contributed by atoms with Gasteiger partial charge in [0.05, 0.1) is 0 Å². The van der Waals surface area contributed by atoms with Crippen LogP contribution in [0.25, 0.3) is 10.9 Å². The zero-order valence-corrected chi connectivity index (χ0v) is 17.9. The van der Waals surface area contributed by atoms with Crippen molar-refractivity contribution in [3.63, 3.8) is 0 Å². The summed E-state index contributed by atoms with van der Waals surface area (Å²) in [6.45, 7) is 5.48. The van der Waals surface area contributed by atoms with Gasteiger partial charge in [-0.05, 0) is 67.7 Å². The number of fused-ring (bicyclic) bond motifs is 1. The van der Waals surface area contributed by atoms with E-state index in [1.807, 2.05) is 18.2 Å². The molecule has 3 aromatic rings. The van der Waals surface area contributed by atoms with Crippen LogP contribution in [0.3, 0.4) is 0 Å². The third kappa shape index (κ3) is 4.49. The second-order valence-electron chi connectivity index (χ2n) is 8.12. The first kappa shape index (κ1) is 20.0. The van der Waals surface area contributed by atoms with Crippen LogP contribution in [-0.2, 0) is 24.9 Å². The molecule has 4 rings (SSSR count). The van der Waals surface area contributed by atoms with Crippen molar-refractivity contribution < 1.29 is 4.79 Å². The van der Waals surface area contributed by atoms with Crippen LogP contribution in [0.4, 0.5) is 0 Å². The van der Waals surface area contributed by atoms with E-state index < -0.39 is 0 Å². The molecule has 1 aliphatic rings. The van der Waals surface area contributed by atoms with Crippen LogP contribution in [0.2, 0.25) is 5.02 Å². The molecule has 152 valence electrons. The highest BCUT2D eigenvalue weighted by Crippen LogP contribution is 2.27. The molecule has 4 nitrogen and oxygen atoms in total. The van der Waals surface area contributed by atoms with Crippen LogP contribution < -0.4 is 5.32 Å². The smallest absolute Gasteiger partial charge is 0.223 e. The van der Waals surface area contributed by atoms with Crippen LogP contribution in [0.15, 0.2) is 48.7 Å². The van der Waals surface area contributed by atoms with E-state index in [4.69, 9.17) is 11.6 Å². The fraction of sp³-hybridized carbons (Fsp3) is 0.375.